The van der Waals surface area contributed by atoms with E-state index in [0.717, 1.165) is 42.7 Å². The fourth-order valence-electron chi connectivity index (χ4n) is 2.99. The Balaban J connectivity index is 1.81. The molecule has 1 aliphatic rings. The quantitative estimate of drug-likeness (QED) is 0.854. The Morgan fingerprint density at radius 3 is 2.73 bits per heavy atom. The first-order valence-electron chi connectivity index (χ1n) is 7.45. The number of hydrogen-bond acceptors (Lipinski definition) is 4. The number of carbonyl (C=O) groups excluding carboxylic acids is 1. The third-order valence-electron chi connectivity index (χ3n) is 4.39. The van der Waals surface area contributed by atoms with E-state index in [1.165, 1.54) is 0 Å². The summed E-state index contributed by atoms with van der Waals surface area (Å²) in [5.74, 6) is 1.08. The molecule has 1 saturated heterocycles. The summed E-state index contributed by atoms with van der Waals surface area (Å²) in [6.45, 7) is 3.39. The molecule has 1 aliphatic heterocycles. The zero-order valence-corrected chi connectivity index (χ0v) is 13.5. The molecule has 1 fully saturated rings. The molecule has 0 saturated carbocycles. The van der Waals surface area contributed by atoms with Crippen LogP contribution in [0.15, 0.2) is 24.5 Å². The van der Waals surface area contributed by atoms with Crippen molar-refractivity contribution < 1.29 is 4.79 Å². The van der Waals surface area contributed by atoms with Gasteiger partial charge in [0.15, 0.2) is 0 Å². The third kappa shape index (κ3) is 2.86. The van der Waals surface area contributed by atoms with E-state index < -0.39 is 0 Å². The highest BCUT2D eigenvalue weighted by Crippen LogP contribution is 2.28. The van der Waals surface area contributed by atoms with Gasteiger partial charge in [0.1, 0.15) is 12.1 Å². The molecule has 0 aliphatic carbocycles. The number of rotatable bonds is 2. The largest absolute Gasteiger partial charge is 0.356 e. The monoisotopic (exact) mass is 318 g/mol. The summed E-state index contributed by atoms with van der Waals surface area (Å²) in [6, 6.07) is 6.02. The van der Waals surface area contributed by atoms with Crippen LogP contribution >= 0.6 is 11.6 Å². The maximum Gasteiger partial charge on any atom is 0.219 e. The zero-order chi connectivity index (χ0) is 15.7. The van der Waals surface area contributed by atoms with Gasteiger partial charge in [0.05, 0.1) is 5.52 Å². The van der Waals surface area contributed by atoms with Crippen molar-refractivity contribution in [2.45, 2.75) is 25.8 Å². The van der Waals surface area contributed by atoms with Crippen LogP contribution in [0.3, 0.4) is 0 Å². The molecule has 0 atom stereocenters. The van der Waals surface area contributed by atoms with Crippen molar-refractivity contribution in [1.82, 2.24) is 14.9 Å². The van der Waals surface area contributed by atoms with Crippen molar-refractivity contribution in [2.24, 2.45) is 0 Å². The first-order valence-corrected chi connectivity index (χ1v) is 7.82. The number of amides is 1. The molecule has 0 bridgehead atoms. The second-order valence-corrected chi connectivity index (χ2v) is 6.14. The molecular formula is C16H19ClN4O. The lowest BCUT2D eigenvalue weighted by molar-refractivity contribution is -0.129. The van der Waals surface area contributed by atoms with Crippen LogP contribution in [0.5, 0.6) is 0 Å². The zero-order valence-electron chi connectivity index (χ0n) is 12.8. The van der Waals surface area contributed by atoms with Gasteiger partial charge in [0.25, 0.3) is 0 Å². The molecule has 0 unspecified atom stereocenters. The summed E-state index contributed by atoms with van der Waals surface area (Å²) in [7, 11) is 1.88. The van der Waals surface area contributed by atoms with Crippen molar-refractivity contribution in [1.29, 1.82) is 0 Å². The predicted octanol–water partition coefficient (Wildman–Crippen LogP) is 2.73. The van der Waals surface area contributed by atoms with Crippen molar-refractivity contribution in [3.63, 3.8) is 0 Å². The fourth-order valence-corrected chi connectivity index (χ4v) is 3.16. The average Bonchev–Trinajstić information content (AvgIpc) is 2.53. The van der Waals surface area contributed by atoms with Crippen LogP contribution in [0.2, 0.25) is 5.02 Å². The van der Waals surface area contributed by atoms with Crippen LogP contribution < -0.4 is 4.90 Å². The molecule has 0 radical (unpaired) electrons. The maximum absolute atomic E-state index is 11.5. The van der Waals surface area contributed by atoms with Gasteiger partial charge in [-0.15, -0.1) is 0 Å². The topological polar surface area (TPSA) is 49.3 Å². The molecule has 5 nitrogen and oxygen atoms in total. The van der Waals surface area contributed by atoms with E-state index in [9.17, 15) is 4.79 Å². The molecule has 2 heterocycles. The summed E-state index contributed by atoms with van der Waals surface area (Å²) in [5, 5.41) is 1.70. The summed E-state index contributed by atoms with van der Waals surface area (Å²) in [5.41, 5.74) is 0.862. The molecule has 3 rings (SSSR count). The second-order valence-electron chi connectivity index (χ2n) is 5.71. The highest BCUT2D eigenvalue weighted by molar-refractivity contribution is 6.31. The molecule has 1 aromatic heterocycles. The lowest BCUT2D eigenvalue weighted by Gasteiger charge is -2.37. The smallest absolute Gasteiger partial charge is 0.219 e. The van der Waals surface area contributed by atoms with Crippen molar-refractivity contribution in [3.8, 4) is 0 Å². The number of aromatic nitrogens is 2. The highest BCUT2D eigenvalue weighted by atomic mass is 35.5. The summed E-state index contributed by atoms with van der Waals surface area (Å²) >= 11 is 6.03. The van der Waals surface area contributed by atoms with Crippen molar-refractivity contribution in [3.05, 3.63) is 29.5 Å². The standard InChI is InChI=1S/C16H19ClN4O/c1-11(22)20(2)13-5-7-21(8-6-13)16-14-4-3-12(17)9-15(14)18-10-19-16/h3-4,9-10,13H,5-8H2,1-2H3. The summed E-state index contributed by atoms with van der Waals surface area (Å²) < 4.78 is 0. The van der Waals surface area contributed by atoms with E-state index in [-0.39, 0.29) is 5.91 Å². The highest BCUT2D eigenvalue weighted by Gasteiger charge is 2.25. The number of nitrogens with zero attached hydrogens (tertiary/aromatic N) is 4. The second kappa shape index (κ2) is 6.08. The Morgan fingerprint density at radius 1 is 1.32 bits per heavy atom. The lowest BCUT2D eigenvalue weighted by atomic mass is 10.0. The van der Waals surface area contributed by atoms with Gasteiger partial charge in [0.2, 0.25) is 5.91 Å². The first-order chi connectivity index (χ1) is 10.6. The minimum absolute atomic E-state index is 0.126. The normalized spacial score (nSPS) is 16.0. The van der Waals surface area contributed by atoms with Gasteiger partial charge < -0.3 is 9.80 Å². The minimum Gasteiger partial charge on any atom is -0.356 e. The van der Waals surface area contributed by atoms with Crippen LogP contribution in [0.1, 0.15) is 19.8 Å². The number of halogens is 1. The van der Waals surface area contributed by atoms with Gasteiger partial charge in [0, 0.05) is 43.5 Å². The Kier molecular flexibility index (Phi) is 4.16. The molecule has 2 aromatic rings. The number of hydrogen-bond donors (Lipinski definition) is 0. The van der Waals surface area contributed by atoms with Gasteiger partial charge in [-0.1, -0.05) is 11.6 Å². The number of fused-ring (bicyclic) bond motifs is 1. The molecule has 6 heteroatoms. The predicted molar refractivity (Wildman–Crippen MR) is 88.2 cm³/mol. The van der Waals surface area contributed by atoms with Crippen molar-refractivity contribution >= 4 is 34.2 Å². The number of piperidine rings is 1. The Morgan fingerprint density at radius 2 is 2.05 bits per heavy atom. The SMILES string of the molecule is CC(=O)N(C)C1CCN(c2ncnc3cc(Cl)ccc23)CC1. The number of anilines is 1. The van der Waals surface area contributed by atoms with Crippen molar-refractivity contribution in [2.75, 3.05) is 25.0 Å². The van der Waals surface area contributed by atoms with Crippen LogP contribution in [-0.2, 0) is 4.79 Å². The Hall–Kier alpha value is -1.88. The minimum atomic E-state index is 0.126. The molecular weight excluding hydrogens is 300 g/mol. The van der Waals surface area contributed by atoms with Gasteiger partial charge in [-0.2, -0.15) is 0 Å². The van der Waals surface area contributed by atoms with E-state index in [0.29, 0.717) is 11.1 Å². The van der Waals surface area contributed by atoms with Gasteiger partial charge in [-0.25, -0.2) is 9.97 Å². The molecule has 0 N–H and O–H groups in total. The van der Waals surface area contributed by atoms with E-state index in [1.807, 2.05) is 30.1 Å². The van der Waals surface area contributed by atoms with Crippen LogP contribution in [0.4, 0.5) is 5.82 Å². The summed E-state index contributed by atoms with van der Waals surface area (Å²) in [6.07, 6.45) is 3.49. The van der Waals surface area contributed by atoms with Crippen LogP contribution in [0.25, 0.3) is 10.9 Å². The van der Waals surface area contributed by atoms with E-state index in [4.69, 9.17) is 11.6 Å². The number of benzene rings is 1. The van der Waals surface area contributed by atoms with Gasteiger partial charge >= 0.3 is 0 Å². The molecule has 116 valence electrons. The summed E-state index contributed by atoms with van der Waals surface area (Å²) in [4.78, 5) is 24.3. The first kappa shape index (κ1) is 15.0. The van der Waals surface area contributed by atoms with Gasteiger partial charge in [-0.05, 0) is 31.0 Å². The number of carbonyl (C=O) groups is 1. The van der Waals surface area contributed by atoms with E-state index in [2.05, 4.69) is 14.9 Å². The Labute approximate surface area is 134 Å². The average molecular weight is 319 g/mol. The third-order valence-corrected chi connectivity index (χ3v) is 4.62. The Bertz CT molecular complexity index is 698. The lowest BCUT2D eigenvalue weighted by Crippen LogP contribution is -2.45. The maximum atomic E-state index is 11.5. The molecule has 1 aromatic carbocycles. The molecule has 22 heavy (non-hydrogen) atoms. The van der Waals surface area contributed by atoms with E-state index >= 15 is 0 Å². The van der Waals surface area contributed by atoms with E-state index in [1.54, 1.807) is 13.3 Å². The fraction of sp³-hybridized carbons (Fsp3) is 0.438. The van der Waals surface area contributed by atoms with Crippen LogP contribution in [0, 0.1) is 0 Å². The van der Waals surface area contributed by atoms with Crippen LogP contribution in [-0.4, -0.2) is 47.0 Å². The molecule has 1 amide bonds. The molecule has 0 spiro atoms. The van der Waals surface area contributed by atoms with Gasteiger partial charge in [-0.3, -0.25) is 4.79 Å².